The second-order valence-corrected chi connectivity index (χ2v) is 6.78. The van der Waals surface area contributed by atoms with E-state index in [0.717, 1.165) is 11.3 Å². The standard InChI is InChI=1S/C22H22ClN3O3/c1-2-14-26(21(27)9-6-15-28-19-7-4-3-5-8-19)16-20-24-22(25-29-20)17-10-12-18(23)13-11-17/h2-5,7-8,10-13H,1,6,9,14-16H2. The summed E-state index contributed by atoms with van der Waals surface area (Å²) < 4.78 is 10.9. The van der Waals surface area contributed by atoms with Crippen molar-refractivity contribution in [2.45, 2.75) is 19.4 Å². The molecule has 0 spiro atoms. The van der Waals surface area contributed by atoms with Gasteiger partial charge in [0.2, 0.25) is 17.6 Å². The molecule has 6 nitrogen and oxygen atoms in total. The number of carbonyl (C=O) groups excluding carboxylic acids is 1. The van der Waals surface area contributed by atoms with E-state index in [1.807, 2.05) is 42.5 Å². The van der Waals surface area contributed by atoms with Crippen molar-refractivity contribution in [2.75, 3.05) is 13.2 Å². The summed E-state index contributed by atoms with van der Waals surface area (Å²) in [5.74, 6) is 1.60. The Morgan fingerprint density at radius 1 is 1.17 bits per heavy atom. The minimum absolute atomic E-state index is 0.0206. The zero-order valence-electron chi connectivity index (χ0n) is 16.0. The van der Waals surface area contributed by atoms with Gasteiger partial charge in [-0.1, -0.05) is 41.0 Å². The van der Waals surface area contributed by atoms with Crippen molar-refractivity contribution in [1.29, 1.82) is 0 Å². The maximum absolute atomic E-state index is 12.6. The Hall–Kier alpha value is -3.12. The van der Waals surface area contributed by atoms with E-state index in [1.54, 1.807) is 23.1 Å². The number of ether oxygens (including phenoxy) is 1. The first-order valence-corrected chi connectivity index (χ1v) is 9.68. The molecule has 0 unspecified atom stereocenters. The predicted octanol–water partition coefficient (Wildman–Crippen LogP) is 4.76. The Morgan fingerprint density at radius 2 is 1.93 bits per heavy atom. The van der Waals surface area contributed by atoms with Crippen molar-refractivity contribution in [3.05, 3.63) is 78.2 Å². The minimum Gasteiger partial charge on any atom is -0.494 e. The number of para-hydroxylation sites is 1. The number of hydrogen-bond acceptors (Lipinski definition) is 5. The number of amides is 1. The van der Waals surface area contributed by atoms with Crippen LogP contribution in [0.3, 0.4) is 0 Å². The molecule has 1 heterocycles. The molecule has 1 amide bonds. The van der Waals surface area contributed by atoms with Crippen molar-refractivity contribution in [1.82, 2.24) is 15.0 Å². The van der Waals surface area contributed by atoms with Crippen LogP contribution < -0.4 is 4.74 Å². The van der Waals surface area contributed by atoms with Gasteiger partial charge in [-0.15, -0.1) is 6.58 Å². The van der Waals surface area contributed by atoms with Gasteiger partial charge in [0, 0.05) is 23.6 Å². The third-order valence-corrected chi connectivity index (χ3v) is 4.40. The molecule has 3 aromatic rings. The first-order chi connectivity index (χ1) is 14.2. The first-order valence-electron chi connectivity index (χ1n) is 9.31. The lowest BCUT2D eigenvalue weighted by molar-refractivity contribution is -0.131. The molecule has 2 aromatic carbocycles. The Kier molecular flexibility index (Phi) is 7.41. The minimum atomic E-state index is -0.0206. The van der Waals surface area contributed by atoms with Crippen LogP contribution in [-0.4, -0.2) is 34.1 Å². The van der Waals surface area contributed by atoms with Crippen LogP contribution in [0.4, 0.5) is 0 Å². The zero-order chi connectivity index (χ0) is 20.5. The van der Waals surface area contributed by atoms with Crippen LogP contribution in [0.25, 0.3) is 11.4 Å². The molecule has 0 N–H and O–H groups in total. The van der Waals surface area contributed by atoms with Gasteiger partial charge >= 0.3 is 0 Å². The van der Waals surface area contributed by atoms with Crippen molar-refractivity contribution in [3.63, 3.8) is 0 Å². The molecule has 0 radical (unpaired) electrons. The summed E-state index contributed by atoms with van der Waals surface area (Å²) in [7, 11) is 0. The van der Waals surface area contributed by atoms with Gasteiger partial charge in [-0.25, -0.2) is 0 Å². The second-order valence-electron chi connectivity index (χ2n) is 6.35. The molecule has 0 fully saturated rings. The third kappa shape index (κ3) is 6.19. The molecule has 0 atom stereocenters. The Labute approximate surface area is 174 Å². The highest BCUT2D eigenvalue weighted by Gasteiger charge is 2.17. The number of nitrogens with zero attached hydrogens (tertiary/aromatic N) is 3. The van der Waals surface area contributed by atoms with E-state index in [2.05, 4.69) is 16.7 Å². The average molecular weight is 412 g/mol. The molecule has 150 valence electrons. The predicted molar refractivity (Wildman–Crippen MR) is 112 cm³/mol. The van der Waals surface area contributed by atoms with E-state index in [0.29, 0.717) is 42.7 Å². The van der Waals surface area contributed by atoms with E-state index in [-0.39, 0.29) is 12.5 Å². The molecule has 0 aliphatic carbocycles. The summed E-state index contributed by atoms with van der Waals surface area (Å²) in [6.07, 6.45) is 2.65. The van der Waals surface area contributed by atoms with Crippen LogP contribution in [0.15, 0.2) is 71.8 Å². The molecule has 29 heavy (non-hydrogen) atoms. The molecule has 0 aliphatic rings. The van der Waals surface area contributed by atoms with Gasteiger partial charge in [0.25, 0.3) is 0 Å². The SMILES string of the molecule is C=CCN(Cc1nc(-c2ccc(Cl)cc2)no1)C(=O)CCCOc1ccccc1. The van der Waals surface area contributed by atoms with E-state index >= 15 is 0 Å². The summed E-state index contributed by atoms with van der Waals surface area (Å²) in [6, 6.07) is 16.7. The Morgan fingerprint density at radius 3 is 2.66 bits per heavy atom. The molecule has 3 rings (SSSR count). The van der Waals surface area contributed by atoms with Gasteiger partial charge in [-0.05, 0) is 42.8 Å². The van der Waals surface area contributed by atoms with Crippen molar-refractivity contribution < 1.29 is 14.1 Å². The van der Waals surface area contributed by atoms with Crippen LogP contribution in [0.1, 0.15) is 18.7 Å². The Balaban J connectivity index is 1.53. The molecular weight excluding hydrogens is 390 g/mol. The maximum Gasteiger partial charge on any atom is 0.246 e. The van der Waals surface area contributed by atoms with Crippen molar-refractivity contribution >= 4 is 17.5 Å². The molecule has 1 aromatic heterocycles. The van der Waals surface area contributed by atoms with E-state index in [4.69, 9.17) is 20.9 Å². The summed E-state index contributed by atoms with van der Waals surface area (Å²) in [4.78, 5) is 18.6. The number of rotatable bonds is 10. The molecule has 0 aliphatic heterocycles. The lowest BCUT2D eigenvalue weighted by atomic mass is 10.2. The summed E-state index contributed by atoms with van der Waals surface area (Å²) in [5, 5.41) is 4.62. The van der Waals surface area contributed by atoms with Gasteiger partial charge < -0.3 is 14.2 Å². The molecule has 7 heteroatoms. The molecule has 0 saturated carbocycles. The fourth-order valence-corrected chi connectivity index (χ4v) is 2.82. The highest BCUT2D eigenvalue weighted by molar-refractivity contribution is 6.30. The summed E-state index contributed by atoms with van der Waals surface area (Å²) >= 11 is 5.90. The normalized spacial score (nSPS) is 10.5. The van der Waals surface area contributed by atoms with Crippen molar-refractivity contribution in [2.24, 2.45) is 0 Å². The van der Waals surface area contributed by atoms with E-state index < -0.39 is 0 Å². The van der Waals surface area contributed by atoms with Crippen molar-refractivity contribution in [3.8, 4) is 17.1 Å². The highest BCUT2D eigenvalue weighted by Crippen LogP contribution is 2.19. The Bertz CT molecular complexity index is 926. The lowest BCUT2D eigenvalue weighted by Crippen LogP contribution is -2.31. The highest BCUT2D eigenvalue weighted by atomic mass is 35.5. The second kappa shape index (κ2) is 10.4. The smallest absolute Gasteiger partial charge is 0.246 e. The zero-order valence-corrected chi connectivity index (χ0v) is 16.7. The summed E-state index contributed by atoms with van der Waals surface area (Å²) in [6.45, 7) is 4.82. The fraction of sp³-hybridized carbons (Fsp3) is 0.227. The molecule has 0 bridgehead atoms. The van der Waals surface area contributed by atoms with Crippen LogP contribution in [0, 0.1) is 0 Å². The van der Waals surface area contributed by atoms with Crippen LogP contribution in [-0.2, 0) is 11.3 Å². The average Bonchev–Trinajstić information content (AvgIpc) is 3.20. The fourth-order valence-electron chi connectivity index (χ4n) is 2.70. The molecular formula is C22H22ClN3O3. The lowest BCUT2D eigenvalue weighted by Gasteiger charge is -2.19. The number of aromatic nitrogens is 2. The third-order valence-electron chi connectivity index (χ3n) is 4.15. The largest absolute Gasteiger partial charge is 0.494 e. The quantitative estimate of drug-likeness (QED) is 0.355. The first kappa shape index (κ1) is 20.6. The van der Waals surface area contributed by atoms with E-state index in [1.165, 1.54) is 0 Å². The molecule has 0 saturated heterocycles. The monoisotopic (exact) mass is 411 g/mol. The van der Waals surface area contributed by atoms with Gasteiger partial charge in [-0.3, -0.25) is 4.79 Å². The summed E-state index contributed by atoms with van der Waals surface area (Å²) in [5.41, 5.74) is 0.795. The van der Waals surface area contributed by atoms with Crippen LogP contribution in [0.2, 0.25) is 5.02 Å². The van der Waals surface area contributed by atoms with Crippen LogP contribution >= 0.6 is 11.6 Å². The number of carbonyl (C=O) groups is 1. The van der Waals surface area contributed by atoms with E-state index in [9.17, 15) is 4.79 Å². The van der Waals surface area contributed by atoms with Gasteiger partial charge in [0.15, 0.2) is 0 Å². The topological polar surface area (TPSA) is 68.5 Å². The van der Waals surface area contributed by atoms with Gasteiger partial charge in [0.1, 0.15) is 12.3 Å². The van der Waals surface area contributed by atoms with Gasteiger partial charge in [0.05, 0.1) is 6.61 Å². The number of benzene rings is 2. The number of hydrogen-bond donors (Lipinski definition) is 0. The van der Waals surface area contributed by atoms with Crippen LogP contribution in [0.5, 0.6) is 5.75 Å². The number of halogens is 1. The maximum atomic E-state index is 12.6. The van der Waals surface area contributed by atoms with Gasteiger partial charge in [-0.2, -0.15) is 4.98 Å².